The van der Waals surface area contributed by atoms with Gasteiger partial charge in [-0.1, -0.05) is 12.2 Å². The third-order valence-corrected chi connectivity index (χ3v) is 2.17. The van der Waals surface area contributed by atoms with E-state index in [1.54, 1.807) is 60.6 Å². The van der Waals surface area contributed by atoms with E-state index in [0.717, 1.165) is 0 Å². The number of hydrogen-bond acceptors (Lipinski definition) is 4. The third kappa shape index (κ3) is 9.15. The number of rotatable bonds is 2. The predicted octanol–water partition coefficient (Wildman–Crippen LogP) is 4.15. The maximum absolute atomic E-state index is 12.2. The first-order valence-electron chi connectivity index (χ1n) is 7.25. The van der Waals surface area contributed by atoms with Crippen LogP contribution in [0.15, 0.2) is 17.1 Å². The summed E-state index contributed by atoms with van der Waals surface area (Å²) in [7, 11) is 0. The molecule has 0 radical (unpaired) electrons. The summed E-state index contributed by atoms with van der Waals surface area (Å²) in [6, 6.07) is 0. The summed E-state index contributed by atoms with van der Waals surface area (Å²) in [6.07, 6.45) is 2.28. The van der Waals surface area contributed by atoms with E-state index in [1.807, 2.05) is 6.92 Å². The Kier molecular flexibility index (Phi) is 7.29. The van der Waals surface area contributed by atoms with Gasteiger partial charge in [0.2, 0.25) is 0 Å². The molecule has 0 spiro atoms. The minimum Gasteiger partial charge on any atom is -0.443 e. The van der Waals surface area contributed by atoms with Crippen LogP contribution >= 0.6 is 0 Å². The number of amidine groups is 1. The number of hydrogen-bond donors (Lipinski definition) is 0. The smallest absolute Gasteiger partial charge is 0.435 e. The minimum absolute atomic E-state index is 0.224. The SMILES string of the molecule is C/C=C/CN(C(=O)OC(C)(C)C)C(C)=NC(=O)OC(C)(C)C. The summed E-state index contributed by atoms with van der Waals surface area (Å²) in [5.74, 6) is 0.224. The number of allylic oxidation sites excluding steroid dienone is 1. The molecule has 6 heteroatoms. The van der Waals surface area contributed by atoms with E-state index < -0.39 is 23.4 Å². The molecule has 0 atom stereocenters. The maximum atomic E-state index is 12.2. The molecule has 0 aromatic heterocycles. The molecule has 0 rings (SSSR count). The fourth-order valence-electron chi connectivity index (χ4n) is 1.34. The second kappa shape index (κ2) is 7.96. The summed E-state index contributed by atoms with van der Waals surface area (Å²) < 4.78 is 10.4. The molecule has 0 saturated heterocycles. The Morgan fingerprint density at radius 1 is 1.05 bits per heavy atom. The summed E-state index contributed by atoms with van der Waals surface area (Å²) in [6.45, 7) is 14.3. The van der Waals surface area contributed by atoms with Gasteiger partial charge in [-0.05, 0) is 55.4 Å². The molecular formula is C16H28N2O4. The van der Waals surface area contributed by atoms with Gasteiger partial charge in [-0.15, -0.1) is 0 Å². The zero-order valence-electron chi connectivity index (χ0n) is 14.9. The van der Waals surface area contributed by atoms with Crippen molar-refractivity contribution in [1.29, 1.82) is 0 Å². The van der Waals surface area contributed by atoms with Crippen molar-refractivity contribution in [2.45, 2.75) is 66.6 Å². The first-order valence-corrected chi connectivity index (χ1v) is 7.25. The Hall–Kier alpha value is -1.85. The lowest BCUT2D eigenvalue weighted by Gasteiger charge is -2.26. The van der Waals surface area contributed by atoms with Gasteiger partial charge in [0.1, 0.15) is 17.0 Å². The van der Waals surface area contributed by atoms with Gasteiger partial charge in [-0.2, -0.15) is 4.99 Å². The first kappa shape index (κ1) is 20.1. The Labute approximate surface area is 133 Å². The molecule has 126 valence electrons. The van der Waals surface area contributed by atoms with Crippen molar-refractivity contribution in [3.63, 3.8) is 0 Å². The van der Waals surface area contributed by atoms with Crippen molar-refractivity contribution in [3.05, 3.63) is 12.2 Å². The third-order valence-electron chi connectivity index (χ3n) is 2.17. The fourth-order valence-corrected chi connectivity index (χ4v) is 1.34. The number of nitrogens with zero attached hydrogens (tertiary/aromatic N) is 2. The van der Waals surface area contributed by atoms with E-state index in [9.17, 15) is 9.59 Å². The highest BCUT2D eigenvalue weighted by Crippen LogP contribution is 2.12. The molecule has 0 fully saturated rings. The molecule has 0 unspecified atom stereocenters. The van der Waals surface area contributed by atoms with Crippen LogP contribution in [-0.2, 0) is 9.47 Å². The van der Waals surface area contributed by atoms with E-state index in [-0.39, 0.29) is 12.4 Å². The van der Waals surface area contributed by atoms with Gasteiger partial charge in [0, 0.05) is 6.54 Å². The van der Waals surface area contributed by atoms with Gasteiger partial charge in [0.05, 0.1) is 0 Å². The Bertz CT molecular complexity index is 454. The van der Waals surface area contributed by atoms with Crippen molar-refractivity contribution in [3.8, 4) is 0 Å². The van der Waals surface area contributed by atoms with Crippen molar-refractivity contribution >= 4 is 18.0 Å². The van der Waals surface area contributed by atoms with Crippen LogP contribution in [0.1, 0.15) is 55.4 Å². The van der Waals surface area contributed by atoms with Gasteiger partial charge in [0.15, 0.2) is 0 Å². The van der Waals surface area contributed by atoms with Gasteiger partial charge in [-0.25, -0.2) is 9.59 Å². The molecule has 0 aliphatic heterocycles. The molecule has 0 N–H and O–H groups in total. The van der Waals surface area contributed by atoms with Crippen molar-refractivity contribution in [1.82, 2.24) is 4.90 Å². The predicted molar refractivity (Wildman–Crippen MR) is 87.1 cm³/mol. The molecule has 0 bridgehead atoms. The van der Waals surface area contributed by atoms with Gasteiger partial charge < -0.3 is 9.47 Å². The normalized spacial score (nSPS) is 13.2. The monoisotopic (exact) mass is 312 g/mol. The highest BCUT2D eigenvalue weighted by atomic mass is 16.6. The van der Waals surface area contributed by atoms with Crippen LogP contribution in [0.3, 0.4) is 0 Å². The lowest BCUT2D eigenvalue weighted by atomic mass is 10.2. The topological polar surface area (TPSA) is 68.2 Å². The fraction of sp³-hybridized carbons (Fsp3) is 0.688. The summed E-state index contributed by atoms with van der Waals surface area (Å²) in [5, 5.41) is 0. The van der Waals surface area contributed by atoms with Crippen LogP contribution in [0.2, 0.25) is 0 Å². The molecular weight excluding hydrogens is 284 g/mol. The second-order valence-electron chi connectivity index (χ2n) is 6.80. The number of carbonyl (C=O) groups is 2. The van der Waals surface area contributed by atoms with Crippen LogP contribution in [0, 0.1) is 0 Å². The van der Waals surface area contributed by atoms with Crippen molar-refractivity contribution < 1.29 is 19.1 Å². The van der Waals surface area contributed by atoms with E-state index in [2.05, 4.69) is 4.99 Å². The Balaban J connectivity index is 5.17. The van der Waals surface area contributed by atoms with Crippen LogP contribution in [0.25, 0.3) is 0 Å². The number of amides is 2. The quantitative estimate of drug-likeness (QED) is 0.436. The second-order valence-corrected chi connectivity index (χ2v) is 6.80. The average molecular weight is 312 g/mol. The molecule has 6 nitrogen and oxygen atoms in total. The van der Waals surface area contributed by atoms with Crippen LogP contribution in [0.4, 0.5) is 9.59 Å². The average Bonchev–Trinajstić information content (AvgIpc) is 2.23. The standard InChI is InChI=1S/C16H28N2O4/c1-9-10-11-18(14(20)22-16(6,7)8)12(2)17-13(19)21-15(3,4)5/h9-10H,11H2,1-8H3/b10-9+,17-12?. The highest BCUT2D eigenvalue weighted by molar-refractivity contribution is 5.99. The zero-order valence-corrected chi connectivity index (χ0v) is 14.9. The van der Waals surface area contributed by atoms with Crippen LogP contribution < -0.4 is 0 Å². The largest absolute Gasteiger partial charge is 0.443 e. The van der Waals surface area contributed by atoms with Gasteiger partial charge in [0.25, 0.3) is 0 Å². The van der Waals surface area contributed by atoms with Crippen molar-refractivity contribution in [2.75, 3.05) is 6.54 Å². The lowest BCUT2D eigenvalue weighted by Crippen LogP contribution is -2.40. The maximum Gasteiger partial charge on any atom is 0.435 e. The summed E-state index contributed by atoms with van der Waals surface area (Å²) in [4.78, 5) is 29.1. The molecule has 2 amide bonds. The molecule has 0 aromatic carbocycles. The van der Waals surface area contributed by atoms with Crippen LogP contribution in [-0.4, -0.2) is 40.7 Å². The van der Waals surface area contributed by atoms with Crippen molar-refractivity contribution in [2.24, 2.45) is 4.99 Å². The first-order chi connectivity index (χ1) is 9.85. The van der Waals surface area contributed by atoms with Gasteiger partial charge in [-0.3, -0.25) is 4.90 Å². The number of ether oxygens (including phenoxy) is 2. The van der Waals surface area contributed by atoms with E-state index in [4.69, 9.17) is 9.47 Å². The molecule has 0 aliphatic rings. The zero-order chi connectivity index (χ0) is 17.6. The highest BCUT2D eigenvalue weighted by Gasteiger charge is 2.24. The molecule has 0 saturated carbocycles. The molecule has 0 aromatic rings. The summed E-state index contributed by atoms with van der Waals surface area (Å²) >= 11 is 0. The molecule has 0 aliphatic carbocycles. The number of aliphatic imine (C=N–C) groups is 1. The number of carbonyl (C=O) groups excluding carboxylic acids is 2. The lowest BCUT2D eigenvalue weighted by molar-refractivity contribution is 0.0382. The van der Waals surface area contributed by atoms with Gasteiger partial charge >= 0.3 is 12.2 Å². The van der Waals surface area contributed by atoms with Crippen LogP contribution in [0.5, 0.6) is 0 Å². The van der Waals surface area contributed by atoms with E-state index in [0.29, 0.717) is 0 Å². The Morgan fingerprint density at radius 2 is 1.55 bits per heavy atom. The molecule has 22 heavy (non-hydrogen) atoms. The molecule has 0 heterocycles. The van der Waals surface area contributed by atoms with E-state index >= 15 is 0 Å². The Morgan fingerprint density at radius 3 is 1.95 bits per heavy atom. The van der Waals surface area contributed by atoms with E-state index in [1.165, 1.54) is 4.90 Å². The minimum atomic E-state index is -0.737. The summed E-state index contributed by atoms with van der Waals surface area (Å²) in [5.41, 5.74) is -1.27.